The van der Waals surface area contributed by atoms with Crippen LogP contribution in [0.15, 0.2) is 23.8 Å². The van der Waals surface area contributed by atoms with Crippen molar-refractivity contribution in [2.24, 2.45) is 28.6 Å². The summed E-state index contributed by atoms with van der Waals surface area (Å²) in [5.41, 5.74) is -7.22. The van der Waals surface area contributed by atoms with E-state index in [0.717, 1.165) is 6.08 Å². The van der Waals surface area contributed by atoms with Gasteiger partial charge in [-0.3, -0.25) is 14.4 Å². The van der Waals surface area contributed by atoms with Crippen molar-refractivity contribution < 1.29 is 42.5 Å². The normalized spacial score (nSPS) is 45.1. The van der Waals surface area contributed by atoms with Crippen molar-refractivity contribution in [3.05, 3.63) is 23.8 Å². The number of carboxylic acid groups (broad SMARTS) is 1. The molecule has 36 heavy (non-hydrogen) atoms. The molecule has 9 atom stereocenters. The van der Waals surface area contributed by atoms with Gasteiger partial charge in [0, 0.05) is 35.5 Å². The molecule has 0 spiro atoms. The summed E-state index contributed by atoms with van der Waals surface area (Å²) >= 11 is 0. The van der Waals surface area contributed by atoms with E-state index in [1.54, 1.807) is 27.7 Å². The molecule has 4 aliphatic rings. The average Bonchev–Trinajstić information content (AvgIpc) is 3.04. The number of carbonyl (C=O) groups excluding carboxylic acids is 3. The van der Waals surface area contributed by atoms with Crippen molar-refractivity contribution in [3.63, 3.8) is 0 Å². The molecular weight excluding hydrogens is 474 g/mol. The number of rotatable bonds is 5. The number of alkyl halides is 2. The Morgan fingerprint density at radius 3 is 2.33 bits per heavy atom. The SMILES string of the molecule is CCC(=O)O[C@H]1C[C@@]2(C)[C@@H](C[C@@H](C)[C@]2(OC(=O)CC)C(=O)O)[C@@H]2C[C@H](F)C3=CC(=O)C=C[C@]3(C)[C@@]12F. The van der Waals surface area contributed by atoms with Gasteiger partial charge in [0.05, 0.1) is 0 Å². The molecule has 1 N–H and O–H groups in total. The maximum atomic E-state index is 17.8. The van der Waals surface area contributed by atoms with Crippen LogP contribution in [0.25, 0.3) is 0 Å². The van der Waals surface area contributed by atoms with Crippen LogP contribution in [-0.2, 0) is 28.7 Å². The number of halogens is 2. The average molecular weight is 509 g/mol. The minimum atomic E-state index is -2.31. The van der Waals surface area contributed by atoms with Crippen LogP contribution < -0.4 is 0 Å². The zero-order valence-corrected chi connectivity index (χ0v) is 21.3. The van der Waals surface area contributed by atoms with Crippen LogP contribution in [0.1, 0.15) is 66.7 Å². The fraction of sp³-hybridized carbons (Fsp3) is 0.704. The van der Waals surface area contributed by atoms with Crippen molar-refractivity contribution in [1.29, 1.82) is 0 Å². The second kappa shape index (κ2) is 8.48. The lowest BCUT2D eigenvalue weighted by Gasteiger charge is -2.63. The molecule has 198 valence electrons. The van der Waals surface area contributed by atoms with Crippen molar-refractivity contribution >= 4 is 23.7 Å². The van der Waals surface area contributed by atoms with Gasteiger partial charge < -0.3 is 14.6 Å². The maximum Gasteiger partial charge on any atom is 0.349 e. The van der Waals surface area contributed by atoms with Gasteiger partial charge in [-0.25, -0.2) is 13.6 Å². The first-order chi connectivity index (χ1) is 16.7. The van der Waals surface area contributed by atoms with Crippen LogP contribution in [0.5, 0.6) is 0 Å². The number of ketones is 1. The summed E-state index contributed by atoms with van der Waals surface area (Å²) < 4.78 is 44.9. The molecule has 4 rings (SSSR count). The summed E-state index contributed by atoms with van der Waals surface area (Å²) in [5.74, 6) is -5.61. The van der Waals surface area contributed by atoms with E-state index in [1.165, 1.54) is 19.1 Å². The van der Waals surface area contributed by atoms with Gasteiger partial charge in [0.15, 0.2) is 11.5 Å². The third-order valence-corrected chi connectivity index (χ3v) is 9.59. The predicted octanol–water partition coefficient (Wildman–Crippen LogP) is 4.29. The molecule has 0 aromatic carbocycles. The molecule has 0 aromatic heterocycles. The van der Waals surface area contributed by atoms with Crippen molar-refractivity contribution in [2.75, 3.05) is 0 Å². The highest BCUT2D eigenvalue weighted by molar-refractivity contribution is 6.01. The van der Waals surface area contributed by atoms with Crippen LogP contribution in [0.3, 0.4) is 0 Å². The molecule has 0 unspecified atom stereocenters. The number of esters is 2. The summed E-state index contributed by atoms with van der Waals surface area (Å²) in [6.45, 7) is 7.90. The molecule has 0 amide bonds. The quantitative estimate of drug-likeness (QED) is 0.552. The number of ether oxygens (including phenoxy) is 2. The minimum Gasteiger partial charge on any atom is -0.478 e. The monoisotopic (exact) mass is 508 g/mol. The highest BCUT2D eigenvalue weighted by Crippen LogP contribution is 2.72. The third kappa shape index (κ3) is 3.19. The fourth-order valence-corrected chi connectivity index (χ4v) is 7.83. The lowest BCUT2D eigenvalue weighted by atomic mass is 9.44. The Kier molecular flexibility index (Phi) is 6.24. The second-order valence-corrected chi connectivity index (χ2v) is 11.2. The van der Waals surface area contributed by atoms with Crippen LogP contribution in [-0.4, -0.2) is 52.3 Å². The largest absolute Gasteiger partial charge is 0.478 e. The van der Waals surface area contributed by atoms with E-state index in [-0.39, 0.29) is 37.7 Å². The molecule has 0 aliphatic heterocycles. The number of aliphatic carboxylic acids is 1. The Hall–Kier alpha value is -2.58. The summed E-state index contributed by atoms with van der Waals surface area (Å²) in [6, 6.07) is 0. The summed E-state index contributed by atoms with van der Waals surface area (Å²) in [6.07, 6.45) is 0.163. The van der Waals surface area contributed by atoms with Crippen molar-refractivity contribution in [3.8, 4) is 0 Å². The Balaban J connectivity index is 1.94. The van der Waals surface area contributed by atoms with Crippen LogP contribution in [0, 0.1) is 28.6 Å². The van der Waals surface area contributed by atoms with E-state index in [4.69, 9.17) is 9.47 Å². The number of allylic oxidation sites excluding steroid dienone is 4. The van der Waals surface area contributed by atoms with Crippen molar-refractivity contribution in [2.45, 2.75) is 90.3 Å². The standard InChI is InChI=1S/C27H34F2O7/c1-6-21(31)35-20-13-25(5)16(10-14(3)27(25,23(33)34)36-22(32)7-2)17-12-19(28)18-11-15(30)8-9-24(18,4)26(17,20)29/h8-9,11,14,16-17,19-20H,6-7,10,12-13H2,1-5H3,(H,33,34)/t14-,16+,17+,19+,20+,24+,25+,26+,27+/m1/s1. The molecule has 0 aromatic rings. The topological polar surface area (TPSA) is 107 Å². The van der Waals surface area contributed by atoms with Gasteiger partial charge >= 0.3 is 17.9 Å². The van der Waals surface area contributed by atoms with Gasteiger partial charge in [0.2, 0.25) is 5.60 Å². The summed E-state index contributed by atoms with van der Waals surface area (Å²) in [4.78, 5) is 49.9. The van der Waals surface area contributed by atoms with Gasteiger partial charge in [0.1, 0.15) is 12.3 Å². The number of hydrogen-bond donors (Lipinski definition) is 1. The molecule has 3 saturated carbocycles. The van der Waals surface area contributed by atoms with Gasteiger partial charge in [-0.2, -0.15) is 0 Å². The van der Waals surface area contributed by atoms with Crippen LogP contribution >= 0.6 is 0 Å². The molecule has 0 saturated heterocycles. The first-order valence-corrected chi connectivity index (χ1v) is 12.7. The molecule has 7 nitrogen and oxygen atoms in total. The van der Waals surface area contributed by atoms with E-state index in [0.29, 0.717) is 0 Å². The number of hydrogen-bond acceptors (Lipinski definition) is 6. The second-order valence-electron chi connectivity index (χ2n) is 11.2. The first kappa shape index (κ1) is 26.5. The Labute approximate surface area is 209 Å². The predicted molar refractivity (Wildman–Crippen MR) is 124 cm³/mol. The highest BCUT2D eigenvalue weighted by atomic mass is 19.1. The third-order valence-electron chi connectivity index (χ3n) is 9.59. The number of carbonyl (C=O) groups is 4. The van der Waals surface area contributed by atoms with E-state index in [9.17, 15) is 24.3 Å². The molecule has 0 heterocycles. The van der Waals surface area contributed by atoms with Gasteiger partial charge in [-0.15, -0.1) is 0 Å². The summed E-state index contributed by atoms with van der Waals surface area (Å²) in [5, 5.41) is 10.5. The van der Waals surface area contributed by atoms with Gasteiger partial charge in [0.25, 0.3) is 0 Å². The lowest BCUT2D eigenvalue weighted by molar-refractivity contribution is -0.243. The zero-order valence-electron chi connectivity index (χ0n) is 21.3. The Morgan fingerprint density at radius 1 is 1.11 bits per heavy atom. The number of fused-ring (bicyclic) bond motifs is 5. The molecule has 0 bridgehead atoms. The smallest absolute Gasteiger partial charge is 0.349 e. The van der Waals surface area contributed by atoms with E-state index in [2.05, 4.69) is 0 Å². The van der Waals surface area contributed by atoms with E-state index in [1.807, 2.05) is 0 Å². The molecular formula is C27H34F2O7. The summed E-state index contributed by atoms with van der Waals surface area (Å²) in [7, 11) is 0. The van der Waals surface area contributed by atoms with Crippen LogP contribution in [0.2, 0.25) is 0 Å². The molecule has 3 fully saturated rings. The maximum absolute atomic E-state index is 17.8. The fourth-order valence-electron chi connectivity index (χ4n) is 7.83. The molecule has 4 aliphatic carbocycles. The molecule has 0 radical (unpaired) electrons. The van der Waals surface area contributed by atoms with Crippen LogP contribution in [0.4, 0.5) is 8.78 Å². The van der Waals surface area contributed by atoms with Crippen molar-refractivity contribution in [1.82, 2.24) is 0 Å². The molecule has 9 heteroatoms. The minimum absolute atomic E-state index is 0.00264. The zero-order chi connectivity index (χ0) is 26.8. The lowest BCUT2D eigenvalue weighted by Crippen LogP contribution is -2.71. The van der Waals surface area contributed by atoms with Gasteiger partial charge in [-0.05, 0) is 49.8 Å². The first-order valence-electron chi connectivity index (χ1n) is 12.7. The van der Waals surface area contributed by atoms with E-state index < -0.39 is 75.8 Å². The highest BCUT2D eigenvalue weighted by Gasteiger charge is 2.79. The number of carboxylic acids is 1. The van der Waals surface area contributed by atoms with Gasteiger partial charge in [-0.1, -0.05) is 33.8 Å². The Bertz CT molecular complexity index is 1070. The Morgan fingerprint density at radius 2 is 1.75 bits per heavy atom. The van der Waals surface area contributed by atoms with E-state index >= 15 is 8.78 Å².